The number of rotatable bonds is 11. The van der Waals surface area contributed by atoms with Crippen LogP contribution in [0.4, 0.5) is 0 Å². The quantitative estimate of drug-likeness (QED) is 0.407. The van der Waals surface area contributed by atoms with Crippen LogP contribution >= 0.6 is 11.8 Å². The fourth-order valence-corrected chi connectivity index (χ4v) is 4.92. The van der Waals surface area contributed by atoms with E-state index in [4.69, 9.17) is 4.74 Å². The van der Waals surface area contributed by atoms with Crippen LogP contribution in [0.2, 0.25) is 0 Å². The van der Waals surface area contributed by atoms with Crippen molar-refractivity contribution in [3.8, 4) is 17.1 Å². The van der Waals surface area contributed by atoms with Gasteiger partial charge >= 0.3 is 5.97 Å². The Balaban J connectivity index is 1.85. The molecule has 0 aliphatic rings. The first kappa shape index (κ1) is 24.7. The van der Waals surface area contributed by atoms with Gasteiger partial charge in [0.1, 0.15) is 5.75 Å². The zero-order valence-corrected chi connectivity index (χ0v) is 20.3. The minimum atomic E-state index is -3.53. The zero-order valence-electron chi connectivity index (χ0n) is 18.6. The van der Waals surface area contributed by atoms with Gasteiger partial charge in [-0.25, -0.2) is 12.7 Å². The minimum Gasteiger partial charge on any atom is -0.494 e. The van der Waals surface area contributed by atoms with Crippen molar-refractivity contribution in [2.75, 3.05) is 20.7 Å². The molecule has 0 aliphatic carbocycles. The molecule has 0 aliphatic heterocycles. The predicted octanol–water partition coefficient (Wildman–Crippen LogP) is 3.36. The van der Waals surface area contributed by atoms with Gasteiger partial charge in [-0.15, -0.1) is 10.2 Å². The lowest BCUT2D eigenvalue weighted by Gasteiger charge is -2.12. The van der Waals surface area contributed by atoms with Crippen LogP contribution in [0.5, 0.6) is 5.75 Å². The molecule has 0 saturated heterocycles. The van der Waals surface area contributed by atoms with E-state index < -0.39 is 16.0 Å². The molecule has 0 fully saturated rings. The van der Waals surface area contributed by atoms with Gasteiger partial charge in [-0.1, -0.05) is 23.9 Å². The standard InChI is InChI=1S/C22H26N4O5S2/c1-4-31-18-10-8-17(9-11-18)21-23-24-22(26(21)13-12-20(27)28)32-15-16-6-5-7-19(14-16)33(29,30)25(2)3/h5-11,14H,4,12-13,15H2,1-3H3,(H,27,28). The second kappa shape index (κ2) is 10.8. The SMILES string of the molecule is CCOc1ccc(-c2nnc(SCc3cccc(S(=O)(=O)N(C)C)c3)n2CCC(=O)O)cc1. The summed E-state index contributed by atoms with van der Waals surface area (Å²) in [6, 6.07) is 14.1. The Morgan fingerprint density at radius 2 is 1.88 bits per heavy atom. The largest absolute Gasteiger partial charge is 0.494 e. The first-order chi connectivity index (χ1) is 15.7. The van der Waals surface area contributed by atoms with E-state index in [1.165, 1.54) is 30.2 Å². The summed E-state index contributed by atoms with van der Waals surface area (Å²) >= 11 is 1.37. The molecular weight excluding hydrogens is 464 g/mol. The van der Waals surface area contributed by atoms with Crippen molar-refractivity contribution >= 4 is 27.8 Å². The van der Waals surface area contributed by atoms with E-state index in [1.54, 1.807) is 22.8 Å². The number of carbonyl (C=O) groups is 1. The first-order valence-electron chi connectivity index (χ1n) is 10.2. The Kier molecular flexibility index (Phi) is 8.11. The summed E-state index contributed by atoms with van der Waals surface area (Å²) in [7, 11) is -0.553. The molecule has 1 aromatic heterocycles. The monoisotopic (exact) mass is 490 g/mol. The molecule has 0 radical (unpaired) electrons. The third kappa shape index (κ3) is 6.12. The van der Waals surface area contributed by atoms with Crippen LogP contribution in [0.1, 0.15) is 18.9 Å². The molecule has 2 aromatic carbocycles. The fourth-order valence-electron chi connectivity index (χ4n) is 3.04. The smallest absolute Gasteiger partial charge is 0.305 e. The molecule has 176 valence electrons. The molecule has 0 bridgehead atoms. The van der Waals surface area contributed by atoms with E-state index in [0.717, 1.165) is 16.9 Å². The van der Waals surface area contributed by atoms with E-state index in [9.17, 15) is 18.3 Å². The summed E-state index contributed by atoms with van der Waals surface area (Å²) in [6.07, 6.45) is -0.0772. The van der Waals surface area contributed by atoms with Crippen molar-refractivity contribution < 1.29 is 23.1 Å². The number of thioether (sulfide) groups is 1. The Bertz CT molecular complexity index is 1210. The molecule has 1 N–H and O–H groups in total. The van der Waals surface area contributed by atoms with Crippen molar-refractivity contribution in [3.63, 3.8) is 0 Å². The lowest BCUT2D eigenvalue weighted by Crippen LogP contribution is -2.22. The number of sulfonamides is 1. The lowest BCUT2D eigenvalue weighted by molar-refractivity contribution is -0.137. The lowest BCUT2D eigenvalue weighted by atomic mass is 10.2. The van der Waals surface area contributed by atoms with Crippen LogP contribution in [-0.2, 0) is 27.1 Å². The van der Waals surface area contributed by atoms with E-state index in [1.807, 2.05) is 37.3 Å². The van der Waals surface area contributed by atoms with Crippen LogP contribution in [0.25, 0.3) is 11.4 Å². The van der Waals surface area contributed by atoms with Crippen molar-refractivity contribution in [2.24, 2.45) is 0 Å². The average molecular weight is 491 g/mol. The third-order valence-corrected chi connectivity index (χ3v) is 7.58. The molecule has 0 atom stereocenters. The highest BCUT2D eigenvalue weighted by molar-refractivity contribution is 7.98. The van der Waals surface area contributed by atoms with E-state index >= 15 is 0 Å². The second-order valence-electron chi connectivity index (χ2n) is 7.28. The van der Waals surface area contributed by atoms with Crippen molar-refractivity contribution in [1.29, 1.82) is 0 Å². The normalized spacial score (nSPS) is 11.6. The molecule has 3 rings (SSSR count). The Morgan fingerprint density at radius 3 is 2.52 bits per heavy atom. The maximum atomic E-state index is 12.4. The third-order valence-electron chi connectivity index (χ3n) is 4.73. The number of nitrogens with zero attached hydrogens (tertiary/aromatic N) is 4. The van der Waals surface area contributed by atoms with Gasteiger partial charge < -0.3 is 14.4 Å². The number of hydrogen-bond acceptors (Lipinski definition) is 7. The number of hydrogen-bond donors (Lipinski definition) is 1. The van der Waals surface area contributed by atoms with Gasteiger partial charge in [0.25, 0.3) is 0 Å². The number of carboxylic acids is 1. The van der Waals surface area contributed by atoms with Gasteiger partial charge in [0, 0.05) is 32.0 Å². The van der Waals surface area contributed by atoms with Gasteiger partial charge in [0.05, 0.1) is 17.9 Å². The van der Waals surface area contributed by atoms with Crippen LogP contribution in [0.15, 0.2) is 58.6 Å². The van der Waals surface area contributed by atoms with Gasteiger partial charge in [-0.05, 0) is 48.9 Å². The first-order valence-corrected chi connectivity index (χ1v) is 12.7. The highest BCUT2D eigenvalue weighted by Gasteiger charge is 2.19. The van der Waals surface area contributed by atoms with Gasteiger partial charge in [-0.2, -0.15) is 0 Å². The number of aromatic nitrogens is 3. The molecule has 3 aromatic rings. The Hall–Kier alpha value is -2.89. The summed E-state index contributed by atoms with van der Waals surface area (Å²) < 4.78 is 33.3. The molecule has 0 unspecified atom stereocenters. The van der Waals surface area contributed by atoms with Crippen molar-refractivity contribution in [1.82, 2.24) is 19.1 Å². The van der Waals surface area contributed by atoms with Crippen molar-refractivity contribution in [3.05, 3.63) is 54.1 Å². The zero-order chi connectivity index (χ0) is 24.0. The highest BCUT2D eigenvalue weighted by Crippen LogP contribution is 2.28. The van der Waals surface area contributed by atoms with Gasteiger partial charge in [0.2, 0.25) is 10.0 Å². The van der Waals surface area contributed by atoms with Crippen LogP contribution in [-0.4, -0.2) is 59.3 Å². The second-order valence-corrected chi connectivity index (χ2v) is 10.4. The maximum Gasteiger partial charge on any atom is 0.305 e. The molecule has 0 amide bonds. The van der Waals surface area contributed by atoms with Crippen molar-refractivity contribution in [2.45, 2.75) is 35.7 Å². The Labute approximate surface area is 197 Å². The Morgan fingerprint density at radius 1 is 1.15 bits per heavy atom. The maximum absolute atomic E-state index is 12.4. The molecule has 0 spiro atoms. The summed E-state index contributed by atoms with van der Waals surface area (Å²) in [5, 5.41) is 18.3. The van der Waals surface area contributed by atoms with Crippen LogP contribution < -0.4 is 4.74 Å². The molecule has 0 saturated carbocycles. The average Bonchev–Trinajstić information content (AvgIpc) is 3.20. The molecule has 1 heterocycles. The highest BCUT2D eigenvalue weighted by atomic mass is 32.2. The number of aliphatic carboxylic acids is 1. The van der Waals surface area contributed by atoms with E-state index in [2.05, 4.69) is 10.2 Å². The summed E-state index contributed by atoms with van der Waals surface area (Å²) in [4.78, 5) is 11.4. The minimum absolute atomic E-state index is 0.0772. The van der Waals surface area contributed by atoms with Gasteiger partial charge in [0.15, 0.2) is 11.0 Å². The number of ether oxygens (including phenoxy) is 1. The van der Waals surface area contributed by atoms with Gasteiger partial charge in [-0.3, -0.25) is 4.79 Å². The predicted molar refractivity (Wildman–Crippen MR) is 126 cm³/mol. The van der Waals surface area contributed by atoms with E-state index in [0.29, 0.717) is 23.3 Å². The fraction of sp³-hybridized carbons (Fsp3) is 0.318. The molecule has 33 heavy (non-hydrogen) atoms. The summed E-state index contributed by atoms with van der Waals surface area (Å²) in [6.45, 7) is 2.68. The summed E-state index contributed by atoms with van der Waals surface area (Å²) in [5.74, 6) is 0.829. The number of benzene rings is 2. The van der Waals surface area contributed by atoms with Crippen LogP contribution in [0, 0.1) is 0 Å². The number of carboxylic acid groups (broad SMARTS) is 1. The topological polar surface area (TPSA) is 115 Å². The molecule has 9 nitrogen and oxygen atoms in total. The molecule has 11 heteroatoms. The van der Waals surface area contributed by atoms with Crippen LogP contribution in [0.3, 0.4) is 0 Å². The van der Waals surface area contributed by atoms with E-state index in [-0.39, 0.29) is 17.9 Å². The molecular formula is C22H26N4O5S2. The summed E-state index contributed by atoms with van der Waals surface area (Å²) in [5.41, 5.74) is 1.60.